The molecule has 1 rings (SSSR count). The Morgan fingerprint density at radius 3 is 2.60 bits per heavy atom. The largest absolute Gasteiger partial charge is 0.480 e. The number of hydrogen-bond acceptors (Lipinski definition) is 2. The molecule has 0 saturated carbocycles. The highest BCUT2D eigenvalue weighted by Crippen LogP contribution is 2.14. The van der Waals surface area contributed by atoms with E-state index in [2.05, 4.69) is 5.32 Å². The SMILES string of the molecule is C[C@@H]1CC(=O)N[C@@H]1C(=O)O. The van der Waals surface area contributed by atoms with Crippen molar-refractivity contribution in [3.8, 4) is 0 Å². The number of aliphatic carboxylic acids is 1. The molecule has 4 heteroatoms. The van der Waals surface area contributed by atoms with E-state index in [9.17, 15) is 9.59 Å². The average molecular weight is 143 g/mol. The molecule has 0 bridgehead atoms. The monoisotopic (exact) mass is 143 g/mol. The van der Waals surface area contributed by atoms with Crippen molar-refractivity contribution < 1.29 is 14.7 Å². The highest BCUT2D eigenvalue weighted by Gasteiger charge is 2.33. The van der Waals surface area contributed by atoms with Crippen molar-refractivity contribution in [1.29, 1.82) is 0 Å². The Labute approximate surface area is 58.2 Å². The smallest absolute Gasteiger partial charge is 0.326 e. The number of carboxylic acid groups (broad SMARTS) is 1. The molecule has 2 atom stereocenters. The van der Waals surface area contributed by atoms with Crippen LogP contribution < -0.4 is 5.32 Å². The maximum absolute atomic E-state index is 10.6. The molecule has 1 saturated heterocycles. The molecule has 0 aromatic rings. The van der Waals surface area contributed by atoms with E-state index in [1.54, 1.807) is 6.92 Å². The molecule has 1 amide bonds. The topological polar surface area (TPSA) is 66.4 Å². The van der Waals surface area contributed by atoms with Crippen LogP contribution in [0.1, 0.15) is 13.3 Å². The maximum Gasteiger partial charge on any atom is 0.326 e. The van der Waals surface area contributed by atoms with E-state index in [0.717, 1.165) is 0 Å². The summed E-state index contributed by atoms with van der Waals surface area (Å²) in [5.74, 6) is -1.19. The van der Waals surface area contributed by atoms with Crippen LogP contribution in [0.15, 0.2) is 0 Å². The van der Waals surface area contributed by atoms with Gasteiger partial charge in [0.1, 0.15) is 6.04 Å². The Morgan fingerprint density at radius 1 is 1.80 bits per heavy atom. The number of rotatable bonds is 1. The van der Waals surface area contributed by atoms with Gasteiger partial charge in [0.05, 0.1) is 0 Å². The minimum absolute atomic E-state index is 0.0787. The van der Waals surface area contributed by atoms with E-state index in [1.807, 2.05) is 0 Å². The Morgan fingerprint density at radius 2 is 2.40 bits per heavy atom. The van der Waals surface area contributed by atoms with Crippen LogP contribution in [0.2, 0.25) is 0 Å². The number of nitrogens with one attached hydrogen (secondary N) is 1. The standard InChI is InChI=1S/C6H9NO3/c1-3-2-4(8)7-5(3)6(9)10/h3,5H,2H2,1H3,(H,7,8)(H,9,10)/t3-,5+/m1/s1. The van der Waals surface area contributed by atoms with Gasteiger partial charge in [0.2, 0.25) is 5.91 Å². The molecular formula is C6H9NO3. The molecule has 4 nitrogen and oxygen atoms in total. The van der Waals surface area contributed by atoms with Crippen molar-refractivity contribution in [3.63, 3.8) is 0 Å². The molecule has 1 aliphatic rings. The molecule has 10 heavy (non-hydrogen) atoms. The minimum atomic E-state index is -0.946. The molecule has 0 aliphatic carbocycles. The predicted molar refractivity (Wildman–Crippen MR) is 33.3 cm³/mol. The summed E-state index contributed by atoms with van der Waals surface area (Å²) in [7, 11) is 0. The molecule has 0 spiro atoms. The molecule has 1 heterocycles. The van der Waals surface area contributed by atoms with Crippen LogP contribution in [0.3, 0.4) is 0 Å². The third-order valence-electron chi connectivity index (χ3n) is 1.66. The van der Waals surface area contributed by atoms with Crippen molar-refractivity contribution in [2.45, 2.75) is 19.4 Å². The molecule has 2 N–H and O–H groups in total. The second kappa shape index (κ2) is 2.28. The second-order valence-corrected chi connectivity index (χ2v) is 2.56. The van der Waals surface area contributed by atoms with Crippen molar-refractivity contribution in [2.75, 3.05) is 0 Å². The maximum atomic E-state index is 10.6. The molecule has 0 unspecified atom stereocenters. The van der Waals surface area contributed by atoms with E-state index >= 15 is 0 Å². The van der Waals surface area contributed by atoms with Gasteiger partial charge in [0.15, 0.2) is 0 Å². The van der Waals surface area contributed by atoms with Gasteiger partial charge < -0.3 is 10.4 Å². The fraction of sp³-hybridized carbons (Fsp3) is 0.667. The van der Waals surface area contributed by atoms with Crippen LogP contribution in [0.5, 0.6) is 0 Å². The Hall–Kier alpha value is -1.06. The number of hydrogen-bond donors (Lipinski definition) is 2. The summed E-state index contributed by atoms with van der Waals surface area (Å²) in [6.07, 6.45) is 0.330. The summed E-state index contributed by atoms with van der Waals surface area (Å²) < 4.78 is 0. The minimum Gasteiger partial charge on any atom is -0.480 e. The first-order chi connectivity index (χ1) is 4.61. The molecule has 1 aliphatic heterocycles. The fourth-order valence-corrected chi connectivity index (χ4v) is 1.09. The summed E-state index contributed by atoms with van der Waals surface area (Å²) >= 11 is 0. The fourth-order valence-electron chi connectivity index (χ4n) is 1.09. The van der Waals surface area contributed by atoms with Gasteiger partial charge >= 0.3 is 5.97 Å². The van der Waals surface area contributed by atoms with E-state index in [1.165, 1.54) is 0 Å². The molecular weight excluding hydrogens is 134 g/mol. The molecule has 0 aromatic carbocycles. The highest BCUT2D eigenvalue weighted by molar-refractivity contribution is 5.87. The molecule has 0 radical (unpaired) electrons. The summed E-state index contributed by atoms with van der Waals surface area (Å²) in [5, 5.41) is 10.9. The lowest BCUT2D eigenvalue weighted by molar-refractivity contribution is -0.140. The van der Waals surface area contributed by atoms with Crippen LogP contribution in [0.25, 0.3) is 0 Å². The first kappa shape index (κ1) is 7.05. The Balaban J connectivity index is 2.63. The zero-order valence-electron chi connectivity index (χ0n) is 5.63. The Kier molecular flexibility index (Phi) is 1.61. The third kappa shape index (κ3) is 1.10. The highest BCUT2D eigenvalue weighted by atomic mass is 16.4. The number of carboxylic acids is 1. The van der Waals surface area contributed by atoms with Crippen molar-refractivity contribution in [2.24, 2.45) is 5.92 Å². The van der Waals surface area contributed by atoms with Gasteiger partial charge in [-0.15, -0.1) is 0 Å². The number of carbonyl (C=O) groups is 2. The van der Waals surface area contributed by atoms with Gasteiger partial charge in [-0.3, -0.25) is 4.79 Å². The second-order valence-electron chi connectivity index (χ2n) is 2.56. The predicted octanol–water partition coefficient (Wildman–Crippen LogP) is -0.404. The number of amides is 1. The normalized spacial score (nSPS) is 31.9. The summed E-state index contributed by atoms with van der Waals surface area (Å²) in [6, 6.07) is -0.674. The van der Waals surface area contributed by atoms with E-state index in [4.69, 9.17) is 5.11 Å². The lowest BCUT2D eigenvalue weighted by atomic mass is 10.0. The molecule has 0 aromatic heterocycles. The van der Waals surface area contributed by atoms with Gasteiger partial charge in [-0.2, -0.15) is 0 Å². The van der Waals surface area contributed by atoms with Crippen LogP contribution in [0.4, 0.5) is 0 Å². The number of carbonyl (C=O) groups excluding carboxylic acids is 1. The lowest BCUT2D eigenvalue weighted by Crippen LogP contribution is -2.35. The van der Waals surface area contributed by atoms with Crippen LogP contribution in [-0.2, 0) is 9.59 Å². The third-order valence-corrected chi connectivity index (χ3v) is 1.66. The van der Waals surface area contributed by atoms with Crippen LogP contribution in [-0.4, -0.2) is 23.0 Å². The van der Waals surface area contributed by atoms with E-state index in [0.29, 0.717) is 6.42 Å². The first-order valence-electron chi connectivity index (χ1n) is 3.13. The van der Waals surface area contributed by atoms with Gasteiger partial charge in [-0.25, -0.2) is 4.79 Å². The van der Waals surface area contributed by atoms with Gasteiger partial charge in [0.25, 0.3) is 0 Å². The van der Waals surface area contributed by atoms with Crippen LogP contribution >= 0.6 is 0 Å². The van der Waals surface area contributed by atoms with Crippen molar-refractivity contribution in [1.82, 2.24) is 5.32 Å². The summed E-state index contributed by atoms with van der Waals surface area (Å²) in [4.78, 5) is 20.9. The zero-order chi connectivity index (χ0) is 7.72. The van der Waals surface area contributed by atoms with Gasteiger partial charge in [-0.1, -0.05) is 6.92 Å². The summed E-state index contributed by atoms with van der Waals surface area (Å²) in [6.45, 7) is 1.75. The molecule has 56 valence electrons. The van der Waals surface area contributed by atoms with Gasteiger partial charge in [-0.05, 0) is 5.92 Å². The Bertz CT molecular complexity index is 178. The van der Waals surface area contributed by atoms with Crippen molar-refractivity contribution >= 4 is 11.9 Å². The van der Waals surface area contributed by atoms with Gasteiger partial charge in [0, 0.05) is 6.42 Å². The first-order valence-corrected chi connectivity index (χ1v) is 3.13. The van der Waals surface area contributed by atoms with E-state index < -0.39 is 12.0 Å². The average Bonchev–Trinajstić information content (AvgIpc) is 2.10. The summed E-state index contributed by atoms with van der Waals surface area (Å²) in [5.41, 5.74) is 0. The van der Waals surface area contributed by atoms with Crippen LogP contribution in [0, 0.1) is 5.92 Å². The zero-order valence-corrected chi connectivity index (χ0v) is 5.63. The van der Waals surface area contributed by atoms with Crippen molar-refractivity contribution in [3.05, 3.63) is 0 Å². The quantitative estimate of drug-likeness (QED) is 0.524. The molecule has 1 fully saturated rings. The lowest BCUT2D eigenvalue weighted by Gasteiger charge is -2.07. The van der Waals surface area contributed by atoms with E-state index in [-0.39, 0.29) is 11.8 Å².